The number of rotatable bonds is 6. The summed E-state index contributed by atoms with van der Waals surface area (Å²) < 4.78 is 4.22. The number of aryl methyl sites for hydroxylation is 1. The van der Waals surface area contributed by atoms with Gasteiger partial charge in [0.1, 0.15) is 10.8 Å². The third-order valence-corrected chi connectivity index (χ3v) is 5.79. The van der Waals surface area contributed by atoms with E-state index in [4.69, 9.17) is 5.73 Å². The van der Waals surface area contributed by atoms with Gasteiger partial charge in [-0.2, -0.15) is 4.37 Å². The van der Waals surface area contributed by atoms with Crippen molar-refractivity contribution in [3.8, 4) is 0 Å². The lowest BCUT2D eigenvalue weighted by Gasteiger charge is -2.39. The molecular weight excluding hydrogens is 404 g/mol. The molecule has 2 aromatic heterocycles. The molecule has 162 valence electrons. The van der Waals surface area contributed by atoms with Crippen LogP contribution in [0.5, 0.6) is 0 Å². The van der Waals surface area contributed by atoms with Crippen LogP contribution in [0.3, 0.4) is 0 Å². The molecule has 3 amide bonds. The fourth-order valence-electron chi connectivity index (χ4n) is 3.48. The molecule has 0 spiro atoms. The van der Waals surface area contributed by atoms with Gasteiger partial charge in [-0.1, -0.05) is 0 Å². The molecule has 3 heterocycles. The zero-order chi connectivity index (χ0) is 21.8. The van der Waals surface area contributed by atoms with E-state index in [-0.39, 0.29) is 17.8 Å². The topological polar surface area (TPSA) is 121 Å². The second-order valence-corrected chi connectivity index (χ2v) is 8.45. The minimum atomic E-state index is -0.657. The Labute approximate surface area is 180 Å². The van der Waals surface area contributed by atoms with Crippen LogP contribution in [0, 0.1) is 6.92 Å². The number of anilines is 3. The predicted octanol–water partition coefficient (Wildman–Crippen LogP) is 2.06. The van der Waals surface area contributed by atoms with Gasteiger partial charge in [-0.05, 0) is 43.8 Å². The number of hydrogen-bond donors (Lipinski definition) is 2. The van der Waals surface area contributed by atoms with Crippen LogP contribution in [-0.4, -0.2) is 76.4 Å². The van der Waals surface area contributed by atoms with E-state index in [9.17, 15) is 9.59 Å². The Balaban J connectivity index is 1.81. The molecule has 1 fully saturated rings. The highest BCUT2D eigenvalue weighted by Gasteiger charge is 2.29. The number of hydrogen-bond acceptors (Lipinski definition) is 8. The molecule has 0 radical (unpaired) electrons. The molecular formula is C19H28N8O2S. The smallest absolute Gasteiger partial charge is 0.319 e. The number of carbonyl (C=O) groups is 2. The third kappa shape index (κ3) is 4.96. The van der Waals surface area contributed by atoms with Crippen molar-refractivity contribution >= 4 is 40.1 Å². The van der Waals surface area contributed by atoms with Gasteiger partial charge in [-0.3, -0.25) is 4.79 Å². The molecule has 1 aliphatic rings. The summed E-state index contributed by atoms with van der Waals surface area (Å²) in [6.45, 7) is 3.25. The summed E-state index contributed by atoms with van der Waals surface area (Å²) in [6.07, 6.45) is 4.56. The fraction of sp³-hybridized carbons (Fsp3) is 0.526. The van der Waals surface area contributed by atoms with E-state index in [1.54, 1.807) is 19.0 Å². The Morgan fingerprint density at radius 1 is 1.33 bits per heavy atom. The Hall–Kier alpha value is -2.95. The minimum absolute atomic E-state index is 0.0196. The summed E-state index contributed by atoms with van der Waals surface area (Å²) >= 11 is 1.27. The van der Waals surface area contributed by atoms with Crippen LogP contribution in [-0.2, 0) is 0 Å². The predicted molar refractivity (Wildman–Crippen MR) is 117 cm³/mol. The largest absolute Gasteiger partial charge is 0.364 e. The van der Waals surface area contributed by atoms with Gasteiger partial charge in [0.05, 0.1) is 17.9 Å². The van der Waals surface area contributed by atoms with E-state index in [1.807, 2.05) is 29.8 Å². The molecule has 10 nitrogen and oxygen atoms in total. The van der Waals surface area contributed by atoms with Gasteiger partial charge in [0.2, 0.25) is 0 Å². The number of urea groups is 1. The van der Waals surface area contributed by atoms with Crippen molar-refractivity contribution < 1.29 is 9.59 Å². The summed E-state index contributed by atoms with van der Waals surface area (Å²) in [4.78, 5) is 38.6. The van der Waals surface area contributed by atoms with Gasteiger partial charge in [-0.25, -0.2) is 14.8 Å². The Morgan fingerprint density at radius 3 is 2.73 bits per heavy atom. The molecule has 1 atom stereocenters. The molecule has 0 bridgehead atoms. The second kappa shape index (κ2) is 9.24. The fourth-order valence-corrected chi connectivity index (χ4v) is 4.14. The molecule has 30 heavy (non-hydrogen) atoms. The Bertz CT molecular complexity index is 916. The van der Waals surface area contributed by atoms with Crippen molar-refractivity contribution in [2.75, 3.05) is 44.4 Å². The first kappa shape index (κ1) is 21.8. The minimum Gasteiger partial charge on any atom is -0.364 e. The van der Waals surface area contributed by atoms with Gasteiger partial charge < -0.3 is 25.8 Å². The van der Waals surface area contributed by atoms with E-state index >= 15 is 0 Å². The number of likely N-dealkylation sites (N-methyl/N-ethyl adjacent to an activating group) is 1. The van der Waals surface area contributed by atoms with Gasteiger partial charge >= 0.3 is 6.03 Å². The molecule has 1 aliphatic heterocycles. The van der Waals surface area contributed by atoms with Crippen molar-refractivity contribution in [1.82, 2.24) is 24.1 Å². The maximum Gasteiger partial charge on any atom is 0.319 e. The summed E-state index contributed by atoms with van der Waals surface area (Å²) in [6, 6.07) is 1.96. The maximum absolute atomic E-state index is 12.5. The number of piperidine rings is 1. The van der Waals surface area contributed by atoms with E-state index in [0.717, 1.165) is 36.5 Å². The third-order valence-electron chi connectivity index (χ3n) is 4.99. The summed E-state index contributed by atoms with van der Waals surface area (Å²) in [5.74, 6) is 0.224. The number of amides is 3. The van der Waals surface area contributed by atoms with Crippen molar-refractivity contribution in [2.24, 2.45) is 5.73 Å². The molecule has 0 saturated carbocycles. The Morgan fingerprint density at radius 2 is 2.10 bits per heavy atom. The van der Waals surface area contributed by atoms with Gasteiger partial charge in [0.15, 0.2) is 11.5 Å². The molecule has 1 unspecified atom stereocenters. The molecule has 2 aromatic rings. The van der Waals surface area contributed by atoms with E-state index in [0.29, 0.717) is 18.2 Å². The number of nitrogens with one attached hydrogen (secondary N) is 1. The van der Waals surface area contributed by atoms with Crippen LogP contribution >= 0.6 is 11.5 Å². The average molecular weight is 433 g/mol. The monoisotopic (exact) mass is 432 g/mol. The normalized spacial score (nSPS) is 16.3. The first-order chi connectivity index (χ1) is 14.3. The van der Waals surface area contributed by atoms with E-state index in [1.165, 1.54) is 17.7 Å². The van der Waals surface area contributed by atoms with Crippen LogP contribution in [0.2, 0.25) is 0 Å². The number of nitrogens with zero attached hydrogens (tertiary/aromatic N) is 6. The molecule has 11 heteroatoms. The molecule has 3 N–H and O–H groups in total. The number of likely N-dealkylation sites (tertiary alicyclic amines) is 1. The average Bonchev–Trinajstić information content (AvgIpc) is 3.12. The summed E-state index contributed by atoms with van der Waals surface area (Å²) in [5, 5.41) is 3.85. The summed E-state index contributed by atoms with van der Waals surface area (Å²) in [7, 11) is 5.44. The number of carbonyl (C=O) groups excluding carboxylic acids is 2. The molecule has 0 aromatic carbocycles. The highest BCUT2D eigenvalue weighted by Crippen LogP contribution is 2.25. The lowest BCUT2D eigenvalue weighted by atomic mass is 10.0. The first-order valence-electron chi connectivity index (χ1n) is 9.82. The van der Waals surface area contributed by atoms with E-state index in [2.05, 4.69) is 19.7 Å². The van der Waals surface area contributed by atoms with Gasteiger partial charge in [0.25, 0.3) is 5.91 Å². The highest BCUT2D eigenvalue weighted by atomic mass is 32.1. The van der Waals surface area contributed by atoms with E-state index < -0.39 is 5.91 Å². The lowest BCUT2D eigenvalue weighted by Crippen LogP contribution is -2.52. The standard InChI is InChI=1S/C19H28N8O2S/c1-12-9-15(30-24-12)23-18-16(17(20)28)21-10-14(22-18)26(4)11-13-7-5-6-8-27(13)19(29)25(2)3/h9-10,13H,5-8,11H2,1-4H3,(H2,20,28)(H,22,23). The van der Waals surface area contributed by atoms with Crippen molar-refractivity contribution in [2.45, 2.75) is 32.2 Å². The number of primary amides is 1. The molecule has 1 saturated heterocycles. The highest BCUT2D eigenvalue weighted by molar-refractivity contribution is 7.10. The number of nitrogens with two attached hydrogens (primary N) is 1. The zero-order valence-electron chi connectivity index (χ0n) is 17.8. The lowest BCUT2D eigenvalue weighted by molar-refractivity contribution is 0.0996. The van der Waals surface area contributed by atoms with Crippen molar-refractivity contribution in [3.05, 3.63) is 23.7 Å². The van der Waals surface area contributed by atoms with Crippen LogP contribution in [0.4, 0.5) is 21.4 Å². The van der Waals surface area contributed by atoms with Gasteiger partial charge in [0, 0.05) is 34.2 Å². The maximum atomic E-state index is 12.5. The second-order valence-electron chi connectivity index (χ2n) is 7.65. The van der Waals surface area contributed by atoms with Gasteiger partial charge in [-0.15, -0.1) is 0 Å². The zero-order valence-corrected chi connectivity index (χ0v) is 18.6. The molecule has 0 aliphatic carbocycles. The van der Waals surface area contributed by atoms with Crippen LogP contribution < -0.4 is 16.0 Å². The Kier molecular flexibility index (Phi) is 6.70. The van der Waals surface area contributed by atoms with Crippen LogP contribution in [0.15, 0.2) is 12.3 Å². The van der Waals surface area contributed by atoms with Crippen LogP contribution in [0.25, 0.3) is 0 Å². The SMILES string of the molecule is Cc1cc(Nc2nc(N(C)CC3CCCCN3C(=O)N(C)C)cnc2C(N)=O)sn1. The van der Waals surface area contributed by atoms with Crippen molar-refractivity contribution in [1.29, 1.82) is 0 Å². The first-order valence-corrected chi connectivity index (χ1v) is 10.6. The summed E-state index contributed by atoms with van der Waals surface area (Å²) in [5.41, 5.74) is 6.41. The quantitative estimate of drug-likeness (QED) is 0.717. The molecule has 3 rings (SSSR count). The number of aromatic nitrogens is 3. The van der Waals surface area contributed by atoms with Crippen molar-refractivity contribution in [3.63, 3.8) is 0 Å². The van der Waals surface area contributed by atoms with Crippen LogP contribution in [0.1, 0.15) is 35.4 Å².